The van der Waals surface area contributed by atoms with Crippen molar-refractivity contribution in [1.29, 1.82) is 0 Å². The average molecular weight is 305 g/mol. The highest BCUT2D eigenvalue weighted by Crippen LogP contribution is 2.20. The van der Waals surface area contributed by atoms with E-state index in [-0.39, 0.29) is 10.9 Å². The Morgan fingerprint density at radius 1 is 1.19 bits per heavy atom. The zero-order valence-electron chi connectivity index (χ0n) is 10.9. The van der Waals surface area contributed by atoms with Crippen molar-refractivity contribution in [3.8, 4) is 0 Å². The topological polar surface area (TPSA) is 88.8 Å². The largest absolute Gasteiger partial charge is 0.399 e. The first kappa shape index (κ1) is 13.6. The average Bonchev–Trinajstić information content (AvgIpc) is 2.82. The zero-order chi connectivity index (χ0) is 15.0. The van der Waals surface area contributed by atoms with E-state index in [1.807, 2.05) is 0 Å². The van der Waals surface area contributed by atoms with E-state index < -0.39 is 15.7 Å². The molecule has 0 amide bonds. The van der Waals surface area contributed by atoms with Crippen LogP contribution < -0.4 is 5.73 Å². The van der Waals surface area contributed by atoms with E-state index in [9.17, 15) is 12.8 Å². The molecule has 3 N–H and O–H groups in total. The van der Waals surface area contributed by atoms with Gasteiger partial charge in [-0.3, -0.25) is 0 Å². The lowest BCUT2D eigenvalue weighted by molar-refractivity contribution is 0.588. The van der Waals surface area contributed by atoms with Crippen LogP contribution in [0.25, 0.3) is 11.0 Å². The van der Waals surface area contributed by atoms with Gasteiger partial charge in [-0.1, -0.05) is 12.1 Å². The molecule has 0 fully saturated rings. The second kappa shape index (κ2) is 4.85. The summed E-state index contributed by atoms with van der Waals surface area (Å²) in [6.45, 7) is 0. The van der Waals surface area contributed by atoms with Crippen LogP contribution in [0.15, 0.2) is 47.6 Å². The maximum Gasteiger partial charge on any atom is 0.226 e. The number of rotatable bonds is 3. The van der Waals surface area contributed by atoms with E-state index in [2.05, 4.69) is 9.97 Å². The lowest BCUT2D eigenvalue weighted by Gasteiger charge is -2.01. The van der Waals surface area contributed by atoms with Gasteiger partial charge in [0.2, 0.25) is 15.0 Å². The van der Waals surface area contributed by atoms with E-state index in [0.717, 1.165) is 0 Å². The van der Waals surface area contributed by atoms with Crippen molar-refractivity contribution in [3.63, 3.8) is 0 Å². The molecule has 3 rings (SSSR count). The molecule has 0 radical (unpaired) electrons. The number of sulfone groups is 1. The van der Waals surface area contributed by atoms with Crippen LogP contribution in [0.2, 0.25) is 0 Å². The Morgan fingerprint density at radius 2 is 2.00 bits per heavy atom. The number of imidazole rings is 1. The number of nitrogen functional groups attached to an aromatic ring is 1. The highest BCUT2D eigenvalue weighted by Gasteiger charge is 2.20. The summed E-state index contributed by atoms with van der Waals surface area (Å²) in [5, 5.41) is -0.146. The first-order chi connectivity index (χ1) is 9.94. The minimum absolute atomic E-state index is 0.146. The number of aromatic amines is 1. The lowest BCUT2D eigenvalue weighted by atomic mass is 10.2. The quantitative estimate of drug-likeness (QED) is 0.726. The maximum absolute atomic E-state index is 13.1. The second-order valence-electron chi connectivity index (χ2n) is 4.71. The molecule has 1 aromatic heterocycles. The molecule has 0 spiro atoms. The van der Waals surface area contributed by atoms with E-state index in [1.54, 1.807) is 24.3 Å². The number of hydrogen-bond acceptors (Lipinski definition) is 4. The Balaban J connectivity index is 2.00. The molecule has 0 aliphatic heterocycles. The van der Waals surface area contributed by atoms with Gasteiger partial charge in [0.25, 0.3) is 0 Å². The third kappa shape index (κ3) is 2.73. The first-order valence-electron chi connectivity index (χ1n) is 6.16. The maximum atomic E-state index is 13.1. The molecule has 0 bridgehead atoms. The summed E-state index contributed by atoms with van der Waals surface area (Å²) in [5.74, 6) is -0.792. The molecular formula is C14H12FN3O2S. The Labute approximate surface area is 120 Å². The van der Waals surface area contributed by atoms with Crippen LogP contribution in [0.3, 0.4) is 0 Å². The summed E-state index contributed by atoms with van der Waals surface area (Å²) in [7, 11) is -3.68. The fraction of sp³-hybridized carbons (Fsp3) is 0.0714. The minimum atomic E-state index is -3.68. The van der Waals surface area contributed by atoms with Gasteiger partial charge in [0.1, 0.15) is 5.82 Å². The summed E-state index contributed by atoms with van der Waals surface area (Å²) in [6, 6.07) is 10.4. The summed E-state index contributed by atoms with van der Waals surface area (Å²) < 4.78 is 37.8. The number of nitrogens with one attached hydrogen (secondary N) is 1. The first-order valence-corrected chi connectivity index (χ1v) is 7.82. The number of H-pyrrole nitrogens is 1. The monoisotopic (exact) mass is 305 g/mol. The van der Waals surface area contributed by atoms with Crippen molar-refractivity contribution in [2.24, 2.45) is 0 Å². The van der Waals surface area contributed by atoms with Crippen LogP contribution in [-0.4, -0.2) is 18.4 Å². The Bertz CT molecular complexity index is 919. The van der Waals surface area contributed by atoms with Crippen LogP contribution in [0, 0.1) is 5.82 Å². The SMILES string of the molecule is Nc1ccc2nc(S(=O)(=O)Cc3cccc(F)c3)[nH]c2c1. The number of benzene rings is 2. The molecule has 1 heterocycles. The van der Waals surface area contributed by atoms with E-state index in [4.69, 9.17) is 5.73 Å². The van der Waals surface area contributed by atoms with Gasteiger partial charge < -0.3 is 10.7 Å². The lowest BCUT2D eigenvalue weighted by Crippen LogP contribution is -2.07. The van der Waals surface area contributed by atoms with Gasteiger partial charge in [-0.05, 0) is 35.9 Å². The second-order valence-corrected chi connectivity index (χ2v) is 6.61. The fourth-order valence-electron chi connectivity index (χ4n) is 2.07. The standard InChI is InChI=1S/C14H12FN3O2S/c15-10-3-1-2-9(6-10)8-21(19,20)14-17-12-5-4-11(16)7-13(12)18-14/h1-7H,8,16H2,(H,17,18). The van der Waals surface area contributed by atoms with Crippen LogP contribution in [0.1, 0.15) is 5.56 Å². The van der Waals surface area contributed by atoms with Gasteiger partial charge in [-0.2, -0.15) is 0 Å². The fourth-order valence-corrected chi connectivity index (χ4v) is 3.32. The molecule has 0 saturated heterocycles. The van der Waals surface area contributed by atoms with Crippen molar-refractivity contribution in [2.75, 3.05) is 5.73 Å². The summed E-state index contributed by atoms with van der Waals surface area (Å²) in [5.41, 5.74) is 7.59. The summed E-state index contributed by atoms with van der Waals surface area (Å²) in [4.78, 5) is 6.79. The predicted octanol–water partition coefficient (Wildman–Crippen LogP) is 2.26. The molecule has 3 aromatic rings. The summed E-state index contributed by atoms with van der Waals surface area (Å²) >= 11 is 0. The van der Waals surface area contributed by atoms with Crippen LogP contribution in [0.5, 0.6) is 0 Å². The van der Waals surface area contributed by atoms with Gasteiger partial charge in [0.15, 0.2) is 0 Å². The van der Waals surface area contributed by atoms with Gasteiger partial charge in [-0.25, -0.2) is 17.8 Å². The van der Waals surface area contributed by atoms with Crippen molar-refractivity contribution in [3.05, 3.63) is 53.8 Å². The molecule has 5 nitrogen and oxygen atoms in total. The smallest absolute Gasteiger partial charge is 0.226 e. The highest BCUT2D eigenvalue weighted by atomic mass is 32.2. The van der Waals surface area contributed by atoms with Gasteiger partial charge in [-0.15, -0.1) is 0 Å². The highest BCUT2D eigenvalue weighted by molar-refractivity contribution is 7.90. The van der Waals surface area contributed by atoms with Gasteiger partial charge in [0.05, 0.1) is 16.8 Å². The molecule has 0 aliphatic rings. The predicted molar refractivity (Wildman–Crippen MR) is 77.8 cm³/mol. The zero-order valence-corrected chi connectivity index (χ0v) is 11.7. The van der Waals surface area contributed by atoms with Crippen molar-refractivity contribution >= 4 is 26.6 Å². The van der Waals surface area contributed by atoms with E-state index in [1.165, 1.54) is 18.2 Å². The number of nitrogens with zero attached hydrogens (tertiary/aromatic N) is 1. The van der Waals surface area contributed by atoms with E-state index >= 15 is 0 Å². The van der Waals surface area contributed by atoms with Gasteiger partial charge >= 0.3 is 0 Å². The molecular weight excluding hydrogens is 293 g/mol. The van der Waals surface area contributed by atoms with Crippen molar-refractivity contribution in [2.45, 2.75) is 10.9 Å². The molecule has 0 saturated carbocycles. The Hall–Kier alpha value is -2.41. The summed E-state index contributed by atoms with van der Waals surface area (Å²) in [6.07, 6.45) is 0. The number of hydrogen-bond donors (Lipinski definition) is 2. The minimum Gasteiger partial charge on any atom is -0.399 e. The molecule has 0 unspecified atom stereocenters. The normalized spacial score (nSPS) is 11.9. The molecule has 108 valence electrons. The number of fused-ring (bicyclic) bond motifs is 1. The molecule has 21 heavy (non-hydrogen) atoms. The third-order valence-electron chi connectivity index (χ3n) is 3.02. The van der Waals surface area contributed by atoms with Crippen LogP contribution in [-0.2, 0) is 15.6 Å². The number of anilines is 1. The molecule has 7 heteroatoms. The van der Waals surface area contributed by atoms with Crippen molar-refractivity contribution < 1.29 is 12.8 Å². The van der Waals surface area contributed by atoms with Gasteiger partial charge in [0, 0.05) is 5.69 Å². The molecule has 0 aliphatic carbocycles. The Morgan fingerprint density at radius 3 is 2.76 bits per heavy atom. The number of halogens is 1. The molecule has 2 aromatic carbocycles. The molecule has 0 atom stereocenters. The Kier molecular flexibility index (Phi) is 3.13. The van der Waals surface area contributed by atoms with E-state index in [0.29, 0.717) is 22.3 Å². The van der Waals surface area contributed by atoms with Crippen LogP contribution in [0.4, 0.5) is 10.1 Å². The number of nitrogens with two attached hydrogens (primary N) is 1. The van der Waals surface area contributed by atoms with Crippen molar-refractivity contribution in [1.82, 2.24) is 9.97 Å². The third-order valence-corrected chi connectivity index (χ3v) is 4.52. The number of aromatic nitrogens is 2. The van der Waals surface area contributed by atoms with Crippen LogP contribution >= 0.6 is 0 Å².